The quantitative estimate of drug-likeness (QED) is 0.834. The van der Waals surface area contributed by atoms with E-state index in [1.807, 2.05) is 17.5 Å². The summed E-state index contributed by atoms with van der Waals surface area (Å²) >= 11 is 4.82. The van der Waals surface area contributed by atoms with E-state index in [0.29, 0.717) is 12.0 Å². The highest BCUT2D eigenvalue weighted by Gasteiger charge is 2.10. The first kappa shape index (κ1) is 12.5. The fourth-order valence-corrected chi connectivity index (χ4v) is 2.70. The molecule has 0 N–H and O–H groups in total. The fourth-order valence-electron chi connectivity index (χ4n) is 1.56. The van der Waals surface area contributed by atoms with Crippen molar-refractivity contribution in [3.8, 4) is 0 Å². The lowest BCUT2D eigenvalue weighted by Crippen LogP contribution is -2.07. The molecule has 1 aromatic heterocycles. The molecule has 0 aliphatic carbocycles. The molecule has 1 nitrogen and oxygen atoms in total. The molecule has 1 aromatic carbocycles. The summed E-state index contributed by atoms with van der Waals surface area (Å²) in [4.78, 5) is 12.8. The van der Waals surface area contributed by atoms with Gasteiger partial charge in [0.15, 0.2) is 0 Å². The zero-order valence-corrected chi connectivity index (χ0v) is 11.4. The van der Waals surface area contributed by atoms with E-state index in [0.717, 1.165) is 9.35 Å². The Morgan fingerprint density at radius 2 is 2.12 bits per heavy atom. The predicted molar refractivity (Wildman–Crippen MR) is 70.8 cm³/mol. The maximum atomic E-state index is 13.4. The lowest BCUT2D eigenvalue weighted by atomic mass is 10.1. The number of ketones is 1. The van der Waals surface area contributed by atoms with Gasteiger partial charge >= 0.3 is 0 Å². The van der Waals surface area contributed by atoms with Gasteiger partial charge in [-0.25, -0.2) is 4.39 Å². The lowest BCUT2D eigenvalue weighted by Gasteiger charge is -2.03. The third-order valence-electron chi connectivity index (χ3n) is 2.35. The normalized spacial score (nSPS) is 10.5. The van der Waals surface area contributed by atoms with E-state index in [2.05, 4.69) is 15.9 Å². The lowest BCUT2D eigenvalue weighted by molar-refractivity contribution is -0.117. The Bertz CT molecular complexity index is 522. The molecule has 0 atom stereocenters. The molecule has 0 bridgehead atoms. The summed E-state index contributed by atoms with van der Waals surface area (Å²) in [5, 5.41) is 1.93. The van der Waals surface area contributed by atoms with E-state index in [-0.39, 0.29) is 18.0 Å². The van der Waals surface area contributed by atoms with Crippen molar-refractivity contribution in [2.24, 2.45) is 0 Å². The van der Waals surface area contributed by atoms with Gasteiger partial charge in [-0.2, -0.15) is 0 Å². The molecule has 0 spiro atoms. The number of rotatable bonds is 4. The van der Waals surface area contributed by atoms with Crippen molar-refractivity contribution in [2.45, 2.75) is 12.8 Å². The maximum absolute atomic E-state index is 13.4. The van der Waals surface area contributed by atoms with E-state index in [9.17, 15) is 9.18 Å². The molecule has 0 saturated heterocycles. The van der Waals surface area contributed by atoms with Crippen molar-refractivity contribution in [1.82, 2.24) is 0 Å². The zero-order valence-electron chi connectivity index (χ0n) is 8.95. The van der Waals surface area contributed by atoms with Gasteiger partial charge < -0.3 is 0 Å². The molecule has 0 aliphatic heterocycles. The monoisotopic (exact) mass is 312 g/mol. The first-order chi connectivity index (χ1) is 8.15. The smallest absolute Gasteiger partial charge is 0.142 e. The van der Waals surface area contributed by atoms with Crippen molar-refractivity contribution in [3.63, 3.8) is 0 Å². The molecule has 17 heavy (non-hydrogen) atoms. The topological polar surface area (TPSA) is 17.1 Å². The van der Waals surface area contributed by atoms with Gasteiger partial charge in [-0.3, -0.25) is 4.79 Å². The second-order valence-corrected chi connectivity index (χ2v) is 5.66. The van der Waals surface area contributed by atoms with Gasteiger partial charge in [-0.05, 0) is 35.2 Å². The molecule has 2 rings (SSSR count). The minimum Gasteiger partial charge on any atom is -0.299 e. The molecule has 1 heterocycles. The summed E-state index contributed by atoms with van der Waals surface area (Å²) in [5.74, 6) is -0.294. The molecule has 0 amide bonds. The van der Waals surface area contributed by atoms with Crippen LogP contribution in [-0.4, -0.2) is 5.78 Å². The molecule has 2 aromatic rings. The van der Waals surface area contributed by atoms with Gasteiger partial charge in [0.05, 0.1) is 0 Å². The Balaban J connectivity index is 2.05. The van der Waals surface area contributed by atoms with Crippen LogP contribution in [0.4, 0.5) is 4.39 Å². The van der Waals surface area contributed by atoms with Crippen LogP contribution < -0.4 is 0 Å². The molecular formula is C13H10BrFOS. The van der Waals surface area contributed by atoms with E-state index in [1.165, 1.54) is 6.07 Å². The summed E-state index contributed by atoms with van der Waals surface area (Å²) in [7, 11) is 0. The number of Topliss-reactive ketones (excluding diaryl/α,β-unsaturated/α-hetero) is 1. The summed E-state index contributed by atoms with van der Waals surface area (Å²) in [5.41, 5.74) is 0.445. The Morgan fingerprint density at radius 3 is 2.82 bits per heavy atom. The Kier molecular flexibility index (Phi) is 4.07. The van der Waals surface area contributed by atoms with Crippen molar-refractivity contribution >= 4 is 33.0 Å². The number of halogens is 2. The molecule has 0 aliphatic rings. The van der Waals surface area contributed by atoms with Gasteiger partial charge in [-0.15, -0.1) is 11.3 Å². The van der Waals surface area contributed by atoms with Crippen LogP contribution in [0.2, 0.25) is 0 Å². The van der Waals surface area contributed by atoms with E-state index in [4.69, 9.17) is 0 Å². The highest BCUT2D eigenvalue weighted by Crippen LogP contribution is 2.17. The van der Waals surface area contributed by atoms with Crippen LogP contribution in [0.3, 0.4) is 0 Å². The van der Waals surface area contributed by atoms with Gasteiger partial charge in [0.1, 0.15) is 11.6 Å². The highest BCUT2D eigenvalue weighted by molar-refractivity contribution is 9.10. The summed E-state index contributed by atoms with van der Waals surface area (Å²) < 4.78 is 14.2. The average molecular weight is 313 g/mol. The second-order valence-electron chi connectivity index (χ2n) is 3.71. The number of benzene rings is 1. The van der Waals surface area contributed by atoms with Gasteiger partial charge in [0.2, 0.25) is 0 Å². The second kappa shape index (κ2) is 5.56. The van der Waals surface area contributed by atoms with Crippen LogP contribution in [0, 0.1) is 5.82 Å². The first-order valence-corrected chi connectivity index (χ1v) is 6.80. The van der Waals surface area contributed by atoms with Crippen molar-refractivity contribution < 1.29 is 9.18 Å². The maximum Gasteiger partial charge on any atom is 0.142 e. The highest BCUT2D eigenvalue weighted by atomic mass is 79.9. The molecule has 0 saturated carbocycles. The summed E-state index contributed by atoms with van der Waals surface area (Å²) in [6.45, 7) is 0. The van der Waals surface area contributed by atoms with Crippen LogP contribution in [-0.2, 0) is 17.6 Å². The molecule has 0 radical (unpaired) electrons. The number of carbonyl (C=O) groups excluding carboxylic acids is 1. The zero-order chi connectivity index (χ0) is 12.3. The number of hydrogen-bond acceptors (Lipinski definition) is 2. The summed E-state index contributed by atoms with van der Waals surface area (Å²) in [6, 6.07) is 8.48. The Morgan fingerprint density at radius 1 is 1.29 bits per heavy atom. The molecular weight excluding hydrogens is 303 g/mol. The molecule has 0 unspecified atom stereocenters. The molecule has 88 valence electrons. The number of hydrogen-bond donors (Lipinski definition) is 0. The van der Waals surface area contributed by atoms with Crippen molar-refractivity contribution in [1.29, 1.82) is 0 Å². The third kappa shape index (κ3) is 3.48. The minimum atomic E-state index is -0.326. The van der Waals surface area contributed by atoms with E-state index >= 15 is 0 Å². The van der Waals surface area contributed by atoms with Crippen molar-refractivity contribution in [3.05, 3.63) is 56.4 Å². The SMILES string of the molecule is O=C(Cc1cccs1)Cc1cc(Br)ccc1F. The van der Waals surface area contributed by atoms with Crippen LogP contribution >= 0.6 is 27.3 Å². The van der Waals surface area contributed by atoms with E-state index < -0.39 is 0 Å². The number of carbonyl (C=O) groups is 1. The van der Waals surface area contributed by atoms with Crippen LogP contribution in [0.25, 0.3) is 0 Å². The standard InChI is InChI=1S/C13H10BrFOS/c14-10-3-4-13(15)9(6-10)7-11(16)8-12-2-1-5-17-12/h1-6H,7-8H2. The molecule has 0 fully saturated rings. The van der Waals surface area contributed by atoms with Gasteiger partial charge in [-0.1, -0.05) is 22.0 Å². The van der Waals surface area contributed by atoms with Crippen LogP contribution in [0.1, 0.15) is 10.4 Å². The minimum absolute atomic E-state index is 0.0319. The Hall–Kier alpha value is -1.00. The van der Waals surface area contributed by atoms with Gasteiger partial charge in [0.25, 0.3) is 0 Å². The largest absolute Gasteiger partial charge is 0.299 e. The summed E-state index contributed by atoms with van der Waals surface area (Å²) in [6.07, 6.45) is 0.521. The average Bonchev–Trinajstić information content (AvgIpc) is 2.76. The fraction of sp³-hybridized carbons (Fsp3) is 0.154. The van der Waals surface area contributed by atoms with E-state index in [1.54, 1.807) is 23.5 Å². The van der Waals surface area contributed by atoms with Crippen LogP contribution in [0.15, 0.2) is 40.2 Å². The molecule has 4 heteroatoms. The predicted octanol–water partition coefficient (Wildman–Crippen LogP) is 4.00. The van der Waals surface area contributed by atoms with Crippen molar-refractivity contribution in [2.75, 3.05) is 0 Å². The Labute approximate surface area is 111 Å². The third-order valence-corrected chi connectivity index (χ3v) is 3.72. The first-order valence-electron chi connectivity index (χ1n) is 5.13. The van der Waals surface area contributed by atoms with Gasteiger partial charge in [0, 0.05) is 22.2 Å². The van der Waals surface area contributed by atoms with Crippen LogP contribution in [0.5, 0.6) is 0 Å². The number of thiophene rings is 1.